The fourth-order valence-electron chi connectivity index (χ4n) is 1.54. The number of nitrogens with one attached hydrogen (secondary N) is 1. The zero-order chi connectivity index (χ0) is 13.8. The van der Waals surface area contributed by atoms with E-state index in [1.165, 1.54) is 12.1 Å². The van der Waals surface area contributed by atoms with Gasteiger partial charge in [-0.1, -0.05) is 0 Å². The van der Waals surface area contributed by atoms with Gasteiger partial charge in [0.1, 0.15) is 5.76 Å². The monoisotopic (exact) mass is 260 g/mol. The Bertz CT molecular complexity index is 619. The molecule has 0 atom stereocenters. The number of carboxylic acids is 1. The Kier molecular flexibility index (Phi) is 3.61. The number of aromatic nitrogens is 1. The van der Waals surface area contributed by atoms with Gasteiger partial charge in [-0.2, -0.15) is 0 Å². The molecule has 6 nitrogen and oxygen atoms in total. The number of nitrogens with zero attached hydrogens (tertiary/aromatic N) is 1. The number of carboxylic acid groups (broad SMARTS) is 1. The molecular weight excluding hydrogens is 248 g/mol. The normalized spacial score (nSPS) is 10.2. The predicted molar refractivity (Wildman–Crippen MR) is 65.8 cm³/mol. The second kappa shape index (κ2) is 5.34. The standard InChI is InChI=1S/C13H12N2O4/c1-8-6-9(4-5-14-8)12(16)15-7-10-2-3-11(19-10)13(17)18/h2-6H,7H2,1H3,(H,15,16)(H,17,18). The van der Waals surface area contributed by atoms with Gasteiger partial charge >= 0.3 is 5.97 Å². The summed E-state index contributed by atoms with van der Waals surface area (Å²) < 4.78 is 5.03. The Morgan fingerprint density at radius 3 is 2.79 bits per heavy atom. The Labute approximate surface area is 109 Å². The van der Waals surface area contributed by atoms with E-state index in [9.17, 15) is 9.59 Å². The van der Waals surface area contributed by atoms with Crippen LogP contribution >= 0.6 is 0 Å². The molecule has 2 rings (SSSR count). The first-order chi connectivity index (χ1) is 9.06. The molecule has 2 N–H and O–H groups in total. The van der Waals surface area contributed by atoms with Crippen molar-refractivity contribution in [3.05, 3.63) is 53.2 Å². The fourth-order valence-corrected chi connectivity index (χ4v) is 1.54. The van der Waals surface area contributed by atoms with Crippen LogP contribution in [0.1, 0.15) is 32.4 Å². The first-order valence-corrected chi connectivity index (χ1v) is 5.59. The lowest BCUT2D eigenvalue weighted by Gasteiger charge is -2.03. The molecule has 2 heterocycles. The lowest BCUT2D eigenvalue weighted by Crippen LogP contribution is -2.22. The van der Waals surface area contributed by atoms with E-state index in [0.29, 0.717) is 11.3 Å². The molecule has 2 aromatic heterocycles. The van der Waals surface area contributed by atoms with Crippen LogP contribution in [-0.2, 0) is 6.54 Å². The Balaban J connectivity index is 1.98. The highest BCUT2D eigenvalue weighted by Crippen LogP contribution is 2.08. The van der Waals surface area contributed by atoms with Crippen LogP contribution in [0, 0.1) is 6.92 Å². The summed E-state index contributed by atoms with van der Waals surface area (Å²) in [6.45, 7) is 1.93. The quantitative estimate of drug-likeness (QED) is 0.871. The van der Waals surface area contributed by atoms with Crippen molar-refractivity contribution in [3.63, 3.8) is 0 Å². The SMILES string of the molecule is Cc1cc(C(=O)NCc2ccc(C(=O)O)o2)ccn1. The highest BCUT2D eigenvalue weighted by atomic mass is 16.4. The minimum atomic E-state index is -1.14. The average Bonchev–Trinajstić information content (AvgIpc) is 2.85. The molecule has 0 radical (unpaired) electrons. The average molecular weight is 260 g/mol. The molecule has 0 bridgehead atoms. The van der Waals surface area contributed by atoms with Gasteiger partial charge in [-0.3, -0.25) is 9.78 Å². The minimum absolute atomic E-state index is 0.132. The molecule has 0 aliphatic heterocycles. The van der Waals surface area contributed by atoms with Crippen molar-refractivity contribution in [3.8, 4) is 0 Å². The highest BCUT2D eigenvalue weighted by molar-refractivity contribution is 5.94. The van der Waals surface area contributed by atoms with Gasteiger partial charge in [0.25, 0.3) is 5.91 Å². The number of furan rings is 1. The highest BCUT2D eigenvalue weighted by Gasteiger charge is 2.10. The maximum atomic E-state index is 11.8. The molecule has 0 unspecified atom stereocenters. The van der Waals surface area contributed by atoms with E-state index in [4.69, 9.17) is 9.52 Å². The molecule has 0 saturated heterocycles. The summed E-state index contributed by atoms with van der Waals surface area (Å²) in [6, 6.07) is 6.13. The molecule has 6 heteroatoms. The van der Waals surface area contributed by atoms with Crippen LogP contribution in [0.3, 0.4) is 0 Å². The predicted octanol–water partition coefficient (Wildman–Crippen LogP) is 1.61. The van der Waals surface area contributed by atoms with Crippen LogP contribution in [-0.4, -0.2) is 22.0 Å². The van der Waals surface area contributed by atoms with E-state index in [1.807, 2.05) is 0 Å². The van der Waals surface area contributed by atoms with Crippen molar-refractivity contribution < 1.29 is 19.1 Å². The number of pyridine rings is 1. The number of rotatable bonds is 4. The fraction of sp³-hybridized carbons (Fsp3) is 0.154. The van der Waals surface area contributed by atoms with Gasteiger partial charge in [-0.05, 0) is 31.2 Å². The number of aryl methyl sites for hydroxylation is 1. The molecule has 0 spiro atoms. The topological polar surface area (TPSA) is 92.4 Å². The number of amides is 1. The second-order valence-corrected chi connectivity index (χ2v) is 3.94. The van der Waals surface area contributed by atoms with Gasteiger partial charge in [0, 0.05) is 17.5 Å². The Hall–Kier alpha value is -2.63. The minimum Gasteiger partial charge on any atom is -0.475 e. The van der Waals surface area contributed by atoms with E-state index in [1.54, 1.807) is 25.3 Å². The summed E-state index contributed by atoms with van der Waals surface area (Å²) in [6.07, 6.45) is 1.56. The number of hydrogen-bond acceptors (Lipinski definition) is 4. The number of carbonyl (C=O) groups is 2. The van der Waals surface area contributed by atoms with E-state index in [2.05, 4.69) is 10.3 Å². The van der Waals surface area contributed by atoms with E-state index >= 15 is 0 Å². The molecule has 1 amide bonds. The van der Waals surface area contributed by atoms with Gasteiger partial charge in [-0.15, -0.1) is 0 Å². The van der Waals surface area contributed by atoms with Crippen LogP contribution in [0.15, 0.2) is 34.9 Å². The van der Waals surface area contributed by atoms with Crippen LogP contribution < -0.4 is 5.32 Å². The van der Waals surface area contributed by atoms with Crippen molar-refractivity contribution in [2.45, 2.75) is 13.5 Å². The van der Waals surface area contributed by atoms with Crippen molar-refractivity contribution >= 4 is 11.9 Å². The van der Waals surface area contributed by atoms with Crippen molar-refractivity contribution in [2.24, 2.45) is 0 Å². The third kappa shape index (κ3) is 3.19. The van der Waals surface area contributed by atoms with Crippen LogP contribution in [0.25, 0.3) is 0 Å². The lowest BCUT2D eigenvalue weighted by molar-refractivity contribution is 0.0660. The Morgan fingerprint density at radius 1 is 1.37 bits per heavy atom. The molecule has 0 aliphatic carbocycles. The Morgan fingerprint density at radius 2 is 2.16 bits per heavy atom. The smallest absolute Gasteiger partial charge is 0.371 e. The largest absolute Gasteiger partial charge is 0.475 e. The third-order valence-corrected chi connectivity index (χ3v) is 2.45. The summed E-state index contributed by atoms with van der Waals surface area (Å²) in [5, 5.41) is 11.3. The van der Waals surface area contributed by atoms with E-state index in [-0.39, 0.29) is 18.2 Å². The van der Waals surface area contributed by atoms with Gasteiger partial charge in [0.2, 0.25) is 5.76 Å². The maximum absolute atomic E-state index is 11.8. The first kappa shape index (κ1) is 12.8. The molecule has 0 fully saturated rings. The van der Waals surface area contributed by atoms with Gasteiger partial charge in [0.05, 0.1) is 6.54 Å². The summed E-state index contributed by atoms with van der Waals surface area (Å²) in [5.41, 5.74) is 1.25. The number of carbonyl (C=O) groups excluding carboxylic acids is 1. The van der Waals surface area contributed by atoms with Crippen molar-refractivity contribution in [1.82, 2.24) is 10.3 Å². The molecule has 98 valence electrons. The second-order valence-electron chi connectivity index (χ2n) is 3.94. The van der Waals surface area contributed by atoms with Gasteiger partial charge < -0.3 is 14.8 Å². The summed E-state index contributed by atoms with van der Waals surface area (Å²) >= 11 is 0. The maximum Gasteiger partial charge on any atom is 0.371 e. The summed E-state index contributed by atoms with van der Waals surface area (Å²) in [4.78, 5) is 26.4. The molecule has 0 aliphatic rings. The van der Waals surface area contributed by atoms with Crippen LogP contribution in [0.5, 0.6) is 0 Å². The number of hydrogen-bond donors (Lipinski definition) is 2. The molecular formula is C13H12N2O4. The third-order valence-electron chi connectivity index (χ3n) is 2.45. The zero-order valence-electron chi connectivity index (χ0n) is 10.2. The van der Waals surface area contributed by atoms with Crippen molar-refractivity contribution in [2.75, 3.05) is 0 Å². The molecule has 19 heavy (non-hydrogen) atoms. The molecule has 2 aromatic rings. The van der Waals surface area contributed by atoms with E-state index < -0.39 is 5.97 Å². The first-order valence-electron chi connectivity index (χ1n) is 5.59. The van der Waals surface area contributed by atoms with E-state index in [0.717, 1.165) is 5.69 Å². The zero-order valence-corrected chi connectivity index (χ0v) is 10.2. The van der Waals surface area contributed by atoms with Crippen molar-refractivity contribution in [1.29, 1.82) is 0 Å². The molecule has 0 saturated carbocycles. The summed E-state index contributed by atoms with van der Waals surface area (Å²) in [5.74, 6) is -1.17. The lowest BCUT2D eigenvalue weighted by atomic mass is 10.2. The van der Waals surface area contributed by atoms with Gasteiger partial charge in [-0.25, -0.2) is 4.79 Å². The summed E-state index contributed by atoms with van der Waals surface area (Å²) in [7, 11) is 0. The molecule has 0 aromatic carbocycles. The number of aromatic carboxylic acids is 1. The van der Waals surface area contributed by atoms with Crippen LogP contribution in [0.2, 0.25) is 0 Å². The van der Waals surface area contributed by atoms with Gasteiger partial charge in [0.15, 0.2) is 0 Å². The van der Waals surface area contributed by atoms with Crippen LogP contribution in [0.4, 0.5) is 0 Å².